The SMILES string of the molecule is CC/C=C\[C@@H](CC)C(F)(F)I. The third-order valence-corrected chi connectivity index (χ3v) is 2.26. The van der Waals surface area contributed by atoms with Gasteiger partial charge in [-0.05, 0) is 35.4 Å². The molecule has 0 nitrogen and oxygen atoms in total. The topological polar surface area (TPSA) is 0 Å². The quantitative estimate of drug-likeness (QED) is 0.413. The zero-order valence-electron chi connectivity index (χ0n) is 6.78. The molecule has 0 aromatic carbocycles. The molecule has 0 spiro atoms. The van der Waals surface area contributed by atoms with Crippen molar-refractivity contribution in [2.75, 3.05) is 0 Å². The molecule has 0 aliphatic rings. The van der Waals surface area contributed by atoms with Gasteiger partial charge >= 0.3 is 3.93 Å². The molecule has 0 rings (SSSR count). The second-order valence-corrected chi connectivity index (χ2v) is 3.83. The molecule has 0 aliphatic heterocycles. The van der Waals surface area contributed by atoms with Gasteiger partial charge in [-0.3, -0.25) is 0 Å². The van der Waals surface area contributed by atoms with Crippen molar-refractivity contribution in [3.63, 3.8) is 0 Å². The monoisotopic (exact) mass is 274 g/mol. The summed E-state index contributed by atoms with van der Waals surface area (Å²) in [6.45, 7) is 3.71. The van der Waals surface area contributed by atoms with E-state index in [4.69, 9.17) is 0 Å². The van der Waals surface area contributed by atoms with Crippen molar-refractivity contribution in [1.82, 2.24) is 0 Å². The van der Waals surface area contributed by atoms with E-state index in [0.29, 0.717) is 6.42 Å². The molecule has 0 bridgehead atoms. The highest BCUT2D eigenvalue weighted by atomic mass is 127. The molecule has 1 atom stereocenters. The number of hydrogen-bond donors (Lipinski definition) is 0. The van der Waals surface area contributed by atoms with E-state index in [1.54, 1.807) is 19.1 Å². The van der Waals surface area contributed by atoms with Crippen LogP contribution in [0.1, 0.15) is 26.7 Å². The predicted octanol–water partition coefficient (Wildman–Crippen LogP) is 4.01. The Hall–Kier alpha value is 0.330. The van der Waals surface area contributed by atoms with Gasteiger partial charge in [0.25, 0.3) is 0 Å². The van der Waals surface area contributed by atoms with E-state index < -0.39 is 9.85 Å². The highest BCUT2D eigenvalue weighted by Gasteiger charge is 2.32. The maximum atomic E-state index is 12.6. The molecule has 66 valence electrons. The summed E-state index contributed by atoms with van der Waals surface area (Å²) in [7, 11) is 0. The van der Waals surface area contributed by atoms with E-state index in [2.05, 4.69) is 0 Å². The van der Waals surface area contributed by atoms with Crippen molar-refractivity contribution >= 4 is 22.6 Å². The summed E-state index contributed by atoms with van der Waals surface area (Å²) in [5.41, 5.74) is 0. The van der Waals surface area contributed by atoms with Crippen LogP contribution in [0.25, 0.3) is 0 Å². The van der Waals surface area contributed by atoms with E-state index in [1.807, 2.05) is 6.92 Å². The third kappa shape index (κ3) is 4.71. The molecule has 0 heterocycles. The molecule has 0 aromatic rings. The highest BCUT2D eigenvalue weighted by molar-refractivity contribution is 14.1. The first kappa shape index (κ1) is 11.3. The van der Waals surface area contributed by atoms with Crippen molar-refractivity contribution < 1.29 is 8.78 Å². The Morgan fingerprint density at radius 3 is 2.27 bits per heavy atom. The molecule has 0 aromatic heterocycles. The molecule has 0 unspecified atom stereocenters. The molecule has 0 fully saturated rings. The molecular weight excluding hydrogens is 261 g/mol. The van der Waals surface area contributed by atoms with Gasteiger partial charge in [0, 0.05) is 0 Å². The van der Waals surface area contributed by atoms with Crippen molar-refractivity contribution in [2.24, 2.45) is 5.92 Å². The molecule has 3 heteroatoms. The summed E-state index contributed by atoms with van der Waals surface area (Å²) in [5, 5.41) is 0. The average molecular weight is 274 g/mol. The third-order valence-electron chi connectivity index (χ3n) is 1.46. The van der Waals surface area contributed by atoms with Crippen molar-refractivity contribution in [3.8, 4) is 0 Å². The largest absolute Gasteiger partial charge is 0.302 e. The fraction of sp³-hybridized carbons (Fsp3) is 0.750. The van der Waals surface area contributed by atoms with E-state index in [1.165, 1.54) is 22.6 Å². The molecule has 0 saturated carbocycles. The fourth-order valence-corrected chi connectivity index (χ4v) is 1.42. The lowest BCUT2D eigenvalue weighted by molar-refractivity contribution is 0.0778. The number of rotatable bonds is 4. The van der Waals surface area contributed by atoms with Gasteiger partial charge < -0.3 is 0 Å². The summed E-state index contributed by atoms with van der Waals surface area (Å²) in [6, 6.07) is 0. The Labute approximate surface area is 80.2 Å². The second-order valence-electron chi connectivity index (χ2n) is 2.39. The van der Waals surface area contributed by atoms with Crippen LogP contribution in [0.15, 0.2) is 12.2 Å². The number of allylic oxidation sites excluding steroid dienone is 2. The van der Waals surface area contributed by atoms with Gasteiger partial charge in [0.1, 0.15) is 0 Å². The minimum atomic E-state index is -2.60. The first-order chi connectivity index (χ1) is 5.02. The van der Waals surface area contributed by atoms with Crippen molar-refractivity contribution in [3.05, 3.63) is 12.2 Å². The summed E-state index contributed by atoms with van der Waals surface area (Å²) in [4.78, 5) is 0. The van der Waals surface area contributed by atoms with Crippen LogP contribution >= 0.6 is 22.6 Å². The van der Waals surface area contributed by atoms with Crippen LogP contribution in [-0.4, -0.2) is 3.93 Å². The molecule has 11 heavy (non-hydrogen) atoms. The lowest BCUT2D eigenvalue weighted by Crippen LogP contribution is -2.17. The van der Waals surface area contributed by atoms with E-state index in [-0.39, 0.29) is 0 Å². The Bertz CT molecular complexity index is 127. The van der Waals surface area contributed by atoms with Gasteiger partial charge in [-0.1, -0.05) is 26.0 Å². The maximum Gasteiger partial charge on any atom is 0.302 e. The minimum Gasteiger partial charge on any atom is -0.194 e. The second kappa shape index (κ2) is 5.06. The van der Waals surface area contributed by atoms with Crippen molar-refractivity contribution in [1.29, 1.82) is 0 Å². The zero-order valence-corrected chi connectivity index (χ0v) is 8.94. The van der Waals surface area contributed by atoms with Crippen LogP contribution in [0.3, 0.4) is 0 Å². The fourth-order valence-electron chi connectivity index (χ4n) is 0.777. The van der Waals surface area contributed by atoms with Crippen LogP contribution in [0, 0.1) is 5.92 Å². The molecule has 0 aliphatic carbocycles. The lowest BCUT2D eigenvalue weighted by Gasteiger charge is -2.16. The summed E-state index contributed by atoms with van der Waals surface area (Å²) >= 11 is 1.19. The summed E-state index contributed by atoms with van der Waals surface area (Å²) in [5.74, 6) is -0.608. The van der Waals surface area contributed by atoms with E-state index in [9.17, 15) is 8.78 Å². The van der Waals surface area contributed by atoms with E-state index >= 15 is 0 Å². The van der Waals surface area contributed by atoms with Gasteiger partial charge in [0.2, 0.25) is 0 Å². The van der Waals surface area contributed by atoms with Gasteiger partial charge in [0.15, 0.2) is 0 Å². The van der Waals surface area contributed by atoms with Crippen LogP contribution in [0.5, 0.6) is 0 Å². The standard InChI is InChI=1S/C8H13F2I/c1-3-5-6-7(4-2)8(9,10)11/h5-7H,3-4H2,1-2H3/b6-5-/t7-/m1/s1. The average Bonchev–Trinajstić information content (AvgIpc) is 1.87. The van der Waals surface area contributed by atoms with E-state index in [0.717, 1.165) is 6.42 Å². The van der Waals surface area contributed by atoms with Crippen LogP contribution < -0.4 is 0 Å². The molecule has 0 radical (unpaired) electrons. The molecule has 0 saturated heterocycles. The first-order valence-corrected chi connectivity index (χ1v) is 4.83. The normalized spacial score (nSPS) is 15.7. The number of hydrogen-bond acceptors (Lipinski definition) is 0. The van der Waals surface area contributed by atoms with Gasteiger partial charge in [-0.2, -0.15) is 8.78 Å². The first-order valence-electron chi connectivity index (χ1n) is 3.75. The van der Waals surface area contributed by atoms with Gasteiger partial charge in [-0.25, -0.2) is 0 Å². The Balaban J connectivity index is 4.06. The van der Waals surface area contributed by atoms with Gasteiger partial charge in [-0.15, -0.1) is 0 Å². The van der Waals surface area contributed by atoms with Crippen LogP contribution in [0.4, 0.5) is 8.78 Å². The summed E-state index contributed by atoms with van der Waals surface area (Å²) in [6.07, 6.45) is 4.71. The van der Waals surface area contributed by atoms with Gasteiger partial charge in [0.05, 0.1) is 5.92 Å². The number of halogens is 3. The lowest BCUT2D eigenvalue weighted by atomic mass is 10.1. The maximum absolute atomic E-state index is 12.6. The minimum absolute atomic E-state index is 0.492. The van der Waals surface area contributed by atoms with Crippen molar-refractivity contribution in [2.45, 2.75) is 30.6 Å². The highest BCUT2D eigenvalue weighted by Crippen LogP contribution is 2.34. The zero-order chi connectivity index (χ0) is 8.91. The molecule has 0 amide bonds. The smallest absolute Gasteiger partial charge is 0.194 e. The summed E-state index contributed by atoms with van der Waals surface area (Å²) < 4.78 is 22.7. The molecule has 0 N–H and O–H groups in total. The molecular formula is C8H13F2I. The number of alkyl halides is 3. The van der Waals surface area contributed by atoms with Crippen LogP contribution in [0.2, 0.25) is 0 Å². The Morgan fingerprint density at radius 2 is 2.00 bits per heavy atom. The van der Waals surface area contributed by atoms with Crippen LogP contribution in [-0.2, 0) is 0 Å². The Morgan fingerprint density at radius 1 is 1.45 bits per heavy atom. The predicted molar refractivity (Wildman–Crippen MR) is 52.2 cm³/mol. The Kier molecular flexibility index (Phi) is 5.21.